The molecule has 1 unspecified atom stereocenters. The Balaban J connectivity index is 1.22. The highest BCUT2D eigenvalue weighted by Gasteiger charge is 2.54. The molecule has 146 valence electrons. The Hall–Kier alpha value is -1.14. The lowest BCUT2D eigenvalue weighted by Gasteiger charge is -2.55. The van der Waals surface area contributed by atoms with Gasteiger partial charge in [0.05, 0.1) is 19.8 Å². The molecule has 26 heavy (non-hydrogen) atoms. The molecular formula is C20H33N3O3. The highest BCUT2D eigenvalue weighted by molar-refractivity contribution is 5.88. The van der Waals surface area contributed by atoms with E-state index in [1.807, 2.05) is 6.92 Å². The van der Waals surface area contributed by atoms with E-state index >= 15 is 0 Å². The molecule has 1 atom stereocenters. The van der Waals surface area contributed by atoms with E-state index in [0.717, 1.165) is 69.9 Å². The topological polar surface area (TPSA) is 70.7 Å². The average molecular weight is 364 g/mol. The SMILES string of the molecule is CC(CN1CCOCC1)NC(=O)CNC(=O)C12CC3CC(CC(C3)C1)C2. The van der Waals surface area contributed by atoms with Gasteiger partial charge in [-0.05, 0) is 63.2 Å². The summed E-state index contributed by atoms with van der Waals surface area (Å²) in [7, 11) is 0. The van der Waals surface area contributed by atoms with Crippen LogP contribution in [0.4, 0.5) is 0 Å². The maximum atomic E-state index is 12.9. The van der Waals surface area contributed by atoms with Crippen molar-refractivity contribution in [2.24, 2.45) is 23.2 Å². The van der Waals surface area contributed by atoms with Crippen molar-refractivity contribution in [3.8, 4) is 0 Å². The lowest BCUT2D eigenvalue weighted by Crippen LogP contribution is -2.55. The second-order valence-corrected chi connectivity index (χ2v) is 9.26. The van der Waals surface area contributed by atoms with Gasteiger partial charge in [0.15, 0.2) is 0 Å². The van der Waals surface area contributed by atoms with Gasteiger partial charge in [0.25, 0.3) is 0 Å². The number of carbonyl (C=O) groups is 2. The van der Waals surface area contributed by atoms with Gasteiger partial charge in [-0.1, -0.05) is 0 Å². The van der Waals surface area contributed by atoms with Crippen molar-refractivity contribution in [3.05, 3.63) is 0 Å². The summed E-state index contributed by atoms with van der Waals surface area (Å²) >= 11 is 0. The van der Waals surface area contributed by atoms with Crippen molar-refractivity contribution in [2.75, 3.05) is 39.4 Å². The summed E-state index contributed by atoms with van der Waals surface area (Å²) in [6.07, 6.45) is 7.10. The molecule has 2 amide bonds. The van der Waals surface area contributed by atoms with Crippen LogP contribution in [0.3, 0.4) is 0 Å². The van der Waals surface area contributed by atoms with Crippen LogP contribution in [0.25, 0.3) is 0 Å². The fourth-order valence-corrected chi connectivity index (χ4v) is 6.28. The van der Waals surface area contributed by atoms with Gasteiger partial charge in [0.1, 0.15) is 0 Å². The van der Waals surface area contributed by atoms with E-state index in [1.54, 1.807) is 0 Å². The molecule has 0 radical (unpaired) electrons. The molecule has 4 aliphatic carbocycles. The first kappa shape index (κ1) is 18.2. The summed E-state index contributed by atoms with van der Waals surface area (Å²) in [6, 6.07) is 0.0806. The number of nitrogens with zero attached hydrogens (tertiary/aromatic N) is 1. The van der Waals surface area contributed by atoms with Crippen molar-refractivity contribution >= 4 is 11.8 Å². The van der Waals surface area contributed by atoms with Crippen molar-refractivity contribution < 1.29 is 14.3 Å². The largest absolute Gasteiger partial charge is 0.379 e. The van der Waals surface area contributed by atoms with Gasteiger partial charge in [-0.2, -0.15) is 0 Å². The molecule has 1 saturated heterocycles. The Morgan fingerprint density at radius 1 is 1.08 bits per heavy atom. The molecule has 0 aromatic heterocycles. The van der Waals surface area contributed by atoms with E-state index in [-0.39, 0.29) is 29.8 Å². The minimum absolute atomic E-state index is 0.0798. The Morgan fingerprint density at radius 2 is 1.65 bits per heavy atom. The van der Waals surface area contributed by atoms with E-state index in [1.165, 1.54) is 19.3 Å². The predicted octanol–water partition coefficient (Wildman–Crippen LogP) is 1.16. The van der Waals surface area contributed by atoms with Crippen LogP contribution in [-0.4, -0.2) is 62.1 Å². The lowest BCUT2D eigenvalue weighted by atomic mass is 9.49. The molecule has 0 aromatic carbocycles. The molecule has 6 heteroatoms. The van der Waals surface area contributed by atoms with Crippen LogP contribution >= 0.6 is 0 Å². The fraction of sp³-hybridized carbons (Fsp3) is 0.900. The number of ether oxygens (including phenoxy) is 1. The van der Waals surface area contributed by atoms with Crippen molar-refractivity contribution in [1.29, 1.82) is 0 Å². The predicted molar refractivity (Wildman–Crippen MR) is 98.5 cm³/mol. The van der Waals surface area contributed by atoms with Crippen LogP contribution in [0.15, 0.2) is 0 Å². The fourth-order valence-electron chi connectivity index (χ4n) is 6.28. The summed E-state index contributed by atoms with van der Waals surface area (Å²) in [5.74, 6) is 2.29. The second-order valence-electron chi connectivity index (χ2n) is 9.26. The minimum Gasteiger partial charge on any atom is -0.379 e. The van der Waals surface area contributed by atoms with Crippen LogP contribution in [-0.2, 0) is 14.3 Å². The maximum absolute atomic E-state index is 12.9. The third-order valence-corrected chi connectivity index (χ3v) is 6.97. The highest BCUT2D eigenvalue weighted by Crippen LogP contribution is 2.60. The van der Waals surface area contributed by atoms with Crippen molar-refractivity contribution in [1.82, 2.24) is 15.5 Å². The smallest absolute Gasteiger partial charge is 0.239 e. The molecule has 4 bridgehead atoms. The van der Waals surface area contributed by atoms with E-state index in [2.05, 4.69) is 15.5 Å². The third-order valence-electron chi connectivity index (χ3n) is 6.97. The van der Waals surface area contributed by atoms with Gasteiger partial charge >= 0.3 is 0 Å². The Bertz CT molecular complexity index is 509. The number of hydrogen-bond donors (Lipinski definition) is 2. The number of amides is 2. The Kier molecular flexibility index (Phi) is 5.24. The first-order valence-corrected chi connectivity index (χ1v) is 10.4. The average Bonchev–Trinajstić information content (AvgIpc) is 2.59. The van der Waals surface area contributed by atoms with E-state index in [4.69, 9.17) is 4.74 Å². The van der Waals surface area contributed by atoms with Crippen LogP contribution in [0.5, 0.6) is 0 Å². The van der Waals surface area contributed by atoms with Crippen LogP contribution in [0.2, 0.25) is 0 Å². The zero-order chi connectivity index (χ0) is 18.1. The van der Waals surface area contributed by atoms with Gasteiger partial charge in [0.2, 0.25) is 11.8 Å². The van der Waals surface area contributed by atoms with Gasteiger partial charge in [0, 0.05) is 31.1 Å². The minimum atomic E-state index is -0.172. The lowest BCUT2D eigenvalue weighted by molar-refractivity contribution is -0.147. The number of morpholine rings is 1. The van der Waals surface area contributed by atoms with E-state index in [9.17, 15) is 9.59 Å². The van der Waals surface area contributed by atoms with Crippen LogP contribution in [0.1, 0.15) is 45.4 Å². The zero-order valence-electron chi connectivity index (χ0n) is 16.0. The molecule has 6 nitrogen and oxygen atoms in total. The van der Waals surface area contributed by atoms with Gasteiger partial charge in [-0.3, -0.25) is 14.5 Å². The summed E-state index contributed by atoms with van der Waals surface area (Å²) in [6.45, 7) is 6.33. The first-order valence-electron chi connectivity index (χ1n) is 10.4. The molecule has 0 aromatic rings. The zero-order valence-corrected chi connectivity index (χ0v) is 16.0. The molecular weight excluding hydrogens is 330 g/mol. The summed E-state index contributed by atoms with van der Waals surface area (Å²) in [5, 5.41) is 5.98. The molecule has 5 rings (SSSR count). The second kappa shape index (κ2) is 7.47. The standard InChI is InChI=1S/C20H33N3O3/c1-14(13-23-2-4-26-5-3-23)22-18(24)12-21-19(25)20-9-15-6-16(10-20)8-17(7-15)11-20/h14-17H,2-13H2,1H3,(H,21,25)(H,22,24). The number of rotatable bonds is 6. The number of carbonyl (C=O) groups excluding carboxylic acids is 2. The third kappa shape index (κ3) is 3.91. The first-order chi connectivity index (χ1) is 12.5. The molecule has 5 aliphatic rings. The Morgan fingerprint density at radius 3 is 2.23 bits per heavy atom. The molecule has 4 saturated carbocycles. The quantitative estimate of drug-likeness (QED) is 0.743. The molecule has 1 aliphatic heterocycles. The van der Waals surface area contributed by atoms with Crippen molar-refractivity contribution in [2.45, 2.75) is 51.5 Å². The maximum Gasteiger partial charge on any atom is 0.239 e. The highest BCUT2D eigenvalue weighted by atomic mass is 16.5. The molecule has 2 N–H and O–H groups in total. The van der Waals surface area contributed by atoms with Gasteiger partial charge < -0.3 is 15.4 Å². The Labute approximate surface area is 156 Å². The van der Waals surface area contributed by atoms with Gasteiger partial charge in [-0.15, -0.1) is 0 Å². The number of nitrogens with one attached hydrogen (secondary N) is 2. The van der Waals surface area contributed by atoms with E-state index < -0.39 is 0 Å². The summed E-state index contributed by atoms with van der Waals surface area (Å²) < 4.78 is 5.35. The van der Waals surface area contributed by atoms with E-state index in [0.29, 0.717) is 0 Å². The summed E-state index contributed by atoms with van der Waals surface area (Å²) in [4.78, 5) is 27.5. The molecule has 0 spiro atoms. The summed E-state index contributed by atoms with van der Waals surface area (Å²) in [5.41, 5.74) is -0.172. The van der Waals surface area contributed by atoms with Crippen LogP contribution < -0.4 is 10.6 Å². The molecule has 1 heterocycles. The monoisotopic (exact) mass is 363 g/mol. The van der Waals surface area contributed by atoms with Crippen molar-refractivity contribution in [3.63, 3.8) is 0 Å². The normalized spacial score (nSPS) is 37.3. The number of hydrogen-bond acceptors (Lipinski definition) is 4. The van der Waals surface area contributed by atoms with Crippen LogP contribution in [0, 0.1) is 23.2 Å². The molecule has 5 fully saturated rings. The van der Waals surface area contributed by atoms with Gasteiger partial charge in [-0.25, -0.2) is 0 Å².